The standard InChI is InChI=1S/C15H19FN2O/c16-14-9-11(15(19)18-12-2-3-12)1-4-13(14)10-5-7-17-8-6-10/h1,4,9-10,12,17H,2-3,5-8H2,(H,18,19). The summed E-state index contributed by atoms with van der Waals surface area (Å²) in [7, 11) is 0. The van der Waals surface area contributed by atoms with Gasteiger partial charge in [0.2, 0.25) is 0 Å². The van der Waals surface area contributed by atoms with E-state index >= 15 is 0 Å². The molecule has 0 bridgehead atoms. The maximum atomic E-state index is 14.1. The van der Waals surface area contributed by atoms with Gasteiger partial charge in [0.1, 0.15) is 5.82 Å². The number of benzene rings is 1. The van der Waals surface area contributed by atoms with E-state index in [1.807, 2.05) is 0 Å². The summed E-state index contributed by atoms with van der Waals surface area (Å²) in [4.78, 5) is 11.8. The molecule has 2 aliphatic rings. The number of hydrogen-bond donors (Lipinski definition) is 2. The number of nitrogens with one attached hydrogen (secondary N) is 2. The first kappa shape index (κ1) is 12.6. The summed E-state index contributed by atoms with van der Waals surface area (Å²) in [5.41, 5.74) is 1.19. The predicted octanol–water partition coefficient (Wildman–Crippen LogP) is 2.18. The Morgan fingerprint density at radius 1 is 1.21 bits per heavy atom. The average molecular weight is 262 g/mol. The van der Waals surface area contributed by atoms with Gasteiger partial charge in [0.25, 0.3) is 5.91 Å². The van der Waals surface area contributed by atoms with Crippen LogP contribution >= 0.6 is 0 Å². The van der Waals surface area contributed by atoms with Crippen molar-refractivity contribution in [2.24, 2.45) is 0 Å². The molecular weight excluding hydrogens is 243 g/mol. The molecule has 1 heterocycles. The van der Waals surface area contributed by atoms with Crippen LogP contribution in [0.2, 0.25) is 0 Å². The Bertz CT molecular complexity index is 479. The van der Waals surface area contributed by atoms with Gasteiger partial charge < -0.3 is 10.6 Å². The van der Waals surface area contributed by atoms with Gasteiger partial charge >= 0.3 is 0 Å². The molecule has 0 spiro atoms. The van der Waals surface area contributed by atoms with Gasteiger partial charge in [-0.1, -0.05) is 6.07 Å². The lowest BCUT2D eigenvalue weighted by atomic mass is 9.89. The average Bonchev–Trinajstić information content (AvgIpc) is 3.23. The monoisotopic (exact) mass is 262 g/mol. The van der Waals surface area contributed by atoms with E-state index in [0.717, 1.165) is 44.3 Å². The molecular formula is C15H19FN2O. The van der Waals surface area contributed by atoms with Crippen molar-refractivity contribution in [3.05, 3.63) is 35.1 Å². The summed E-state index contributed by atoms with van der Waals surface area (Å²) in [6.07, 6.45) is 4.01. The van der Waals surface area contributed by atoms with Gasteiger partial charge in [-0.25, -0.2) is 4.39 Å². The summed E-state index contributed by atoms with van der Waals surface area (Å²) in [6.45, 7) is 1.88. The molecule has 3 rings (SSSR count). The summed E-state index contributed by atoms with van der Waals surface area (Å²) >= 11 is 0. The second kappa shape index (κ2) is 5.29. The molecule has 19 heavy (non-hydrogen) atoms. The topological polar surface area (TPSA) is 41.1 Å². The molecule has 0 aromatic heterocycles. The van der Waals surface area contributed by atoms with E-state index in [4.69, 9.17) is 0 Å². The first-order valence-corrected chi connectivity index (χ1v) is 7.05. The Hall–Kier alpha value is -1.42. The Morgan fingerprint density at radius 3 is 2.58 bits per heavy atom. The molecule has 3 nitrogen and oxygen atoms in total. The number of amides is 1. The minimum absolute atomic E-state index is 0.154. The summed E-state index contributed by atoms with van der Waals surface area (Å²) in [6, 6.07) is 5.22. The van der Waals surface area contributed by atoms with Gasteiger partial charge in [-0.15, -0.1) is 0 Å². The third-order valence-corrected chi connectivity index (χ3v) is 3.95. The Morgan fingerprint density at radius 2 is 1.95 bits per heavy atom. The molecule has 4 heteroatoms. The largest absolute Gasteiger partial charge is 0.349 e. The number of carbonyl (C=O) groups excluding carboxylic acids is 1. The van der Waals surface area contributed by atoms with Crippen LogP contribution in [0, 0.1) is 5.82 Å². The normalized spacial score (nSPS) is 20.3. The molecule has 1 aliphatic carbocycles. The first-order valence-electron chi connectivity index (χ1n) is 7.05. The van der Waals surface area contributed by atoms with E-state index in [0.29, 0.717) is 11.6 Å². The third-order valence-electron chi connectivity index (χ3n) is 3.95. The maximum absolute atomic E-state index is 14.1. The molecule has 1 amide bonds. The van der Waals surface area contributed by atoms with E-state index in [2.05, 4.69) is 10.6 Å². The Labute approximate surface area is 112 Å². The van der Waals surface area contributed by atoms with Gasteiger partial charge in [-0.3, -0.25) is 4.79 Å². The molecule has 2 fully saturated rings. The lowest BCUT2D eigenvalue weighted by Gasteiger charge is -2.23. The molecule has 0 radical (unpaired) electrons. The SMILES string of the molecule is O=C(NC1CC1)c1ccc(C2CCNCC2)c(F)c1. The van der Waals surface area contributed by atoms with E-state index in [9.17, 15) is 9.18 Å². The minimum atomic E-state index is -0.240. The smallest absolute Gasteiger partial charge is 0.251 e. The number of hydrogen-bond acceptors (Lipinski definition) is 2. The zero-order valence-corrected chi connectivity index (χ0v) is 10.9. The Balaban J connectivity index is 1.74. The van der Waals surface area contributed by atoms with Crippen molar-refractivity contribution in [3.8, 4) is 0 Å². The van der Waals surface area contributed by atoms with E-state index in [1.54, 1.807) is 12.1 Å². The number of rotatable bonds is 3. The van der Waals surface area contributed by atoms with Gasteiger partial charge in [0, 0.05) is 11.6 Å². The first-order chi connectivity index (χ1) is 9.24. The number of piperidine rings is 1. The zero-order valence-electron chi connectivity index (χ0n) is 10.9. The van der Waals surface area contributed by atoms with Crippen LogP contribution in [-0.4, -0.2) is 25.0 Å². The van der Waals surface area contributed by atoms with Crippen molar-refractivity contribution >= 4 is 5.91 Å². The van der Waals surface area contributed by atoms with Crippen molar-refractivity contribution in [1.29, 1.82) is 0 Å². The highest BCUT2D eigenvalue weighted by Gasteiger charge is 2.25. The maximum Gasteiger partial charge on any atom is 0.251 e. The van der Waals surface area contributed by atoms with Gasteiger partial charge in [0.15, 0.2) is 0 Å². The molecule has 1 saturated carbocycles. The number of halogens is 1. The second-order valence-electron chi connectivity index (χ2n) is 5.51. The quantitative estimate of drug-likeness (QED) is 0.876. The lowest BCUT2D eigenvalue weighted by Crippen LogP contribution is -2.27. The van der Waals surface area contributed by atoms with E-state index in [-0.39, 0.29) is 17.6 Å². The van der Waals surface area contributed by atoms with Crippen molar-refractivity contribution in [2.45, 2.75) is 37.6 Å². The minimum Gasteiger partial charge on any atom is -0.349 e. The molecule has 0 atom stereocenters. The van der Waals surface area contributed by atoms with E-state index < -0.39 is 0 Å². The van der Waals surface area contributed by atoms with Crippen LogP contribution in [-0.2, 0) is 0 Å². The fourth-order valence-corrected chi connectivity index (χ4v) is 2.63. The fraction of sp³-hybridized carbons (Fsp3) is 0.533. The van der Waals surface area contributed by atoms with Crippen LogP contribution in [0.3, 0.4) is 0 Å². The van der Waals surface area contributed by atoms with Crippen molar-refractivity contribution in [3.63, 3.8) is 0 Å². The summed E-state index contributed by atoms with van der Waals surface area (Å²) in [5, 5.41) is 6.16. The number of carbonyl (C=O) groups is 1. The zero-order chi connectivity index (χ0) is 13.2. The van der Waals surface area contributed by atoms with Gasteiger partial charge in [0.05, 0.1) is 0 Å². The summed E-state index contributed by atoms with van der Waals surface area (Å²) < 4.78 is 14.1. The molecule has 1 aliphatic heterocycles. The van der Waals surface area contributed by atoms with Crippen molar-refractivity contribution < 1.29 is 9.18 Å². The van der Waals surface area contributed by atoms with Crippen LogP contribution in [0.25, 0.3) is 0 Å². The van der Waals surface area contributed by atoms with Crippen LogP contribution in [0.4, 0.5) is 4.39 Å². The van der Waals surface area contributed by atoms with Crippen molar-refractivity contribution in [1.82, 2.24) is 10.6 Å². The van der Waals surface area contributed by atoms with Crippen LogP contribution in [0.15, 0.2) is 18.2 Å². The Kier molecular flexibility index (Phi) is 3.51. The molecule has 1 aromatic carbocycles. The highest BCUT2D eigenvalue weighted by Crippen LogP contribution is 2.28. The van der Waals surface area contributed by atoms with Crippen molar-refractivity contribution in [2.75, 3.05) is 13.1 Å². The van der Waals surface area contributed by atoms with E-state index in [1.165, 1.54) is 6.07 Å². The predicted molar refractivity (Wildman–Crippen MR) is 71.7 cm³/mol. The fourth-order valence-electron chi connectivity index (χ4n) is 2.63. The molecule has 1 aromatic rings. The molecule has 0 unspecified atom stereocenters. The van der Waals surface area contributed by atoms with Crippen LogP contribution in [0.5, 0.6) is 0 Å². The van der Waals surface area contributed by atoms with Crippen LogP contribution < -0.4 is 10.6 Å². The molecule has 102 valence electrons. The highest BCUT2D eigenvalue weighted by molar-refractivity contribution is 5.94. The second-order valence-corrected chi connectivity index (χ2v) is 5.51. The molecule has 1 saturated heterocycles. The lowest BCUT2D eigenvalue weighted by molar-refractivity contribution is 0.0950. The highest BCUT2D eigenvalue weighted by atomic mass is 19.1. The molecule has 2 N–H and O–H groups in total. The van der Waals surface area contributed by atoms with Crippen LogP contribution in [0.1, 0.15) is 47.5 Å². The third kappa shape index (κ3) is 2.95. The van der Waals surface area contributed by atoms with Gasteiger partial charge in [-0.05, 0) is 62.4 Å². The van der Waals surface area contributed by atoms with Gasteiger partial charge in [-0.2, -0.15) is 0 Å². The summed E-state index contributed by atoms with van der Waals surface area (Å²) in [5.74, 6) is -0.115.